The molecule has 1 aliphatic heterocycles. The lowest BCUT2D eigenvalue weighted by Gasteiger charge is -2.31. The highest BCUT2D eigenvalue weighted by atomic mass is 35.5. The summed E-state index contributed by atoms with van der Waals surface area (Å²) in [6, 6.07) is 9.39. The van der Waals surface area contributed by atoms with Gasteiger partial charge in [-0.1, -0.05) is 23.2 Å². The predicted octanol–water partition coefficient (Wildman–Crippen LogP) is 5.04. The molecule has 1 N–H and O–H groups in total. The third kappa shape index (κ3) is 6.79. The second kappa shape index (κ2) is 11.6. The minimum atomic E-state index is -1.26. The maximum absolute atomic E-state index is 11.7. The summed E-state index contributed by atoms with van der Waals surface area (Å²) in [6.07, 6.45) is 6.75. The zero-order valence-corrected chi connectivity index (χ0v) is 22.4. The first kappa shape index (κ1) is 26.5. The van der Waals surface area contributed by atoms with Crippen molar-refractivity contribution in [1.82, 2.24) is 19.9 Å². The van der Waals surface area contributed by atoms with E-state index in [-0.39, 0.29) is 17.5 Å². The summed E-state index contributed by atoms with van der Waals surface area (Å²) in [4.78, 5) is 28.6. The maximum Gasteiger partial charge on any atom is 0.303 e. The lowest BCUT2D eigenvalue weighted by Crippen LogP contribution is -2.34. The molecule has 2 aromatic heterocycles. The first-order valence-corrected chi connectivity index (χ1v) is 13.8. The highest BCUT2D eigenvalue weighted by Gasteiger charge is 2.22. The quantitative estimate of drug-likeness (QED) is 0.391. The fourth-order valence-electron chi connectivity index (χ4n) is 4.30. The van der Waals surface area contributed by atoms with Gasteiger partial charge in [0.1, 0.15) is 5.82 Å². The van der Waals surface area contributed by atoms with E-state index in [1.807, 2.05) is 36.2 Å². The second-order valence-electron chi connectivity index (χ2n) is 8.93. The molecule has 1 fully saturated rings. The number of carboxylic acid groups (broad SMARTS) is 1. The lowest BCUT2D eigenvalue weighted by molar-refractivity contribution is -0.138. The van der Waals surface area contributed by atoms with Gasteiger partial charge in [-0.15, -0.1) is 0 Å². The molecular formula is C25H27Cl2N5O3S. The van der Waals surface area contributed by atoms with Crippen LogP contribution in [0.1, 0.15) is 24.8 Å². The summed E-state index contributed by atoms with van der Waals surface area (Å²) < 4.78 is 11.7. The number of anilines is 2. The van der Waals surface area contributed by atoms with Gasteiger partial charge in [-0.25, -0.2) is 15.0 Å². The number of carboxylic acids is 1. The highest BCUT2D eigenvalue weighted by Crippen LogP contribution is 2.31. The Morgan fingerprint density at radius 2 is 1.75 bits per heavy atom. The predicted molar refractivity (Wildman–Crippen MR) is 142 cm³/mol. The number of piperidine rings is 1. The van der Waals surface area contributed by atoms with Crippen molar-refractivity contribution in [3.63, 3.8) is 0 Å². The van der Waals surface area contributed by atoms with Crippen molar-refractivity contribution in [3.05, 3.63) is 58.3 Å². The number of likely N-dealkylation sites (tertiary alicyclic amines) is 1. The summed E-state index contributed by atoms with van der Waals surface area (Å²) in [5.41, 5.74) is 3.30. The topological polar surface area (TPSA) is 99.5 Å². The summed E-state index contributed by atoms with van der Waals surface area (Å²) in [6.45, 7) is 2.38. The fourth-order valence-corrected chi connectivity index (χ4v) is 5.23. The van der Waals surface area contributed by atoms with E-state index in [0.29, 0.717) is 28.1 Å². The molecule has 36 heavy (non-hydrogen) atoms. The van der Waals surface area contributed by atoms with Crippen LogP contribution >= 0.6 is 23.2 Å². The van der Waals surface area contributed by atoms with Crippen molar-refractivity contribution >= 4 is 51.5 Å². The summed E-state index contributed by atoms with van der Waals surface area (Å²) in [5, 5.41) is 10.4. The van der Waals surface area contributed by atoms with Crippen LogP contribution in [0.5, 0.6) is 0 Å². The molecule has 8 nitrogen and oxygen atoms in total. The van der Waals surface area contributed by atoms with Crippen molar-refractivity contribution in [2.45, 2.75) is 31.0 Å². The van der Waals surface area contributed by atoms with Crippen LogP contribution in [0.4, 0.5) is 11.5 Å². The normalized spacial score (nSPS) is 15.6. The molecule has 190 valence electrons. The van der Waals surface area contributed by atoms with Crippen LogP contribution in [0.2, 0.25) is 10.0 Å². The van der Waals surface area contributed by atoms with Gasteiger partial charge in [-0.3, -0.25) is 13.9 Å². The van der Waals surface area contributed by atoms with Gasteiger partial charge in [0.2, 0.25) is 5.16 Å². The minimum absolute atomic E-state index is 0.225. The van der Waals surface area contributed by atoms with Crippen molar-refractivity contribution in [2.75, 3.05) is 31.3 Å². The molecule has 0 aliphatic carbocycles. The van der Waals surface area contributed by atoms with Gasteiger partial charge in [-0.05, 0) is 67.7 Å². The lowest BCUT2D eigenvalue weighted by atomic mass is 9.93. The van der Waals surface area contributed by atoms with Gasteiger partial charge in [0.15, 0.2) is 0 Å². The molecular weight excluding hydrogens is 521 g/mol. The van der Waals surface area contributed by atoms with Crippen molar-refractivity contribution in [1.29, 1.82) is 0 Å². The van der Waals surface area contributed by atoms with E-state index in [4.69, 9.17) is 33.3 Å². The Hall–Kier alpha value is -2.59. The van der Waals surface area contributed by atoms with Gasteiger partial charge in [0.25, 0.3) is 0 Å². The molecule has 0 amide bonds. The number of benzene rings is 1. The maximum atomic E-state index is 11.7. The molecule has 1 unspecified atom stereocenters. The molecule has 1 aliphatic rings. The number of halogens is 2. The van der Waals surface area contributed by atoms with E-state index in [9.17, 15) is 9.00 Å². The number of rotatable bonds is 8. The third-order valence-electron chi connectivity index (χ3n) is 6.21. The Kier molecular flexibility index (Phi) is 8.56. The molecule has 0 saturated carbocycles. The van der Waals surface area contributed by atoms with Crippen molar-refractivity contribution < 1.29 is 14.1 Å². The van der Waals surface area contributed by atoms with Crippen LogP contribution in [-0.2, 0) is 22.1 Å². The number of aliphatic carboxylic acids is 1. The second-order valence-corrected chi connectivity index (χ2v) is 11.1. The number of hydrogen-bond acceptors (Lipinski definition) is 7. The van der Waals surface area contributed by atoms with Crippen molar-refractivity contribution in [2.24, 2.45) is 5.92 Å². The van der Waals surface area contributed by atoms with E-state index in [0.717, 1.165) is 42.8 Å². The van der Waals surface area contributed by atoms with Crippen LogP contribution in [-0.4, -0.2) is 61.5 Å². The van der Waals surface area contributed by atoms with Gasteiger partial charge >= 0.3 is 5.97 Å². The molecule has 3 aromatic rings. The van der Waals surface area contributed by atoms with E-state index in [2.05, 4.69) is 14.9 Å². The zero-order valence-electron chi connectivity index (χ0n) is 20.0. The summed E-state index contributed by atoms with van der Waals surface area (Å²) in [5.74, 6) is 0.179. The molecule has 1 aromatic carbocycles. The van der Waals surface area contributed by atoms with Crippen LogP contribution < -0.4 is 4.90 Å². The van der Waals surface area contributed by atoms with Crippen LogP contribution in [0.15, 0.2) is 47.9 Å². The first-order chi connectivity index (χ1) is 17.2. The summed E-state index contributed by atoms with van der Waals surface area (Å²) >= 11 is 12.5. The number of nitrogens with zero attached hydrogens (tertiary/aromatic N) is 5. The number of carbonyl (C=O) groups is 1. The Morgan fingerprint density at radius 1 is 1.11 bits per heavy atom. The van der Waals surface area contributed by atoms with E-state index in [1.165, 1.54) is 6.26 Å². The Bertz CT molecular complexity index is 1250. The number of pyridine rings is 1. The Labute approximate surface area is 222 Å². The molecule has 1 atom stereocenters. The van der Waals surface area contributed by atoms with Crippen LogP contribution in [0, 0.1) is 5.92 Å². The van der Waals surface area contributed by atoms with Crippen molar-refractivity contribution in [3.8, 4) is 11.3 Å². The van der Waals surface area contributed by atoms with Gasteiger partial charge < -0.3 is 10.0 Å². The molecule has 1 saturated heterocycles. The molecule has 11 heteroatoms. The van der Waals surface area contributed by atoms with E-state index >= 15 is 0 Å². The standard InChI is InChI=1S/C25H27Cl2N5O3S/c1-31(21-13-28-25(29-14-21)36(2)35)23-8-17(15-32-5-3-16(4-6-32)9-24(33)34)7-22(30-23)18-10-19(26)12-20(27)11-18/h7-8,10-14,16H,3-6,9,15H2,1-2H3,(H,33,34). The summed E-state index contributed by atoms with van der Waals surface area (Å²) in [7, 11) is 0.613. The molecule has 0 spiro atoms. The number of hydrogen-bond donors (Lipinski definition) is 1. The smallest absolute Gasteiger partial charge is 0.303 e. The third-order valence-corrected chi connectivity index (χ3v) is 7.37. The average molecular weight is 548 g/mol. The van der Waals surface area contributed by atoms with E-state index in [1.54, 1.807) is 18.5 Å². The van der Waals surface area contributed by atoms with Crippen LogP contribution in [0.3, 0.4) is 0 Å². The van der Waals surface area contributed by atoms with Gasteiger partial charge in [0, 0.05) is 41.9 Å². The minimum Gasteiger partial charge on any atom is -0.481 e. The zero-order chi connectivity index (χ0) is 25.8. The first-order valence-electron chi connectivity index (χ1n) is 11.5. The Morgan fingerprint density at radius 3 is 2.33 bits per heavy atom. The molecule has 0 bridgehead atoms. The van der Waals surface area contributed by atoms with Gasteiger partial charge in [0.05, 0.1) is 34.6 Å². The number of aromatic nitrogens is 3. The molecule has 0 radical (unpaired) electrons. The Balaban J connectivity index is 1.63. The van der Waals surface area contributed by atoms with Crippen LogP contribution in [0.25, 0.3) is 11.3 Å². The molecule has 4 rings (SSSR count). The SMILES string of the molecule is CN(c1cnc(S(C)=O)nc1)c1cc(CN2CCC(CC(=O)O)CC2)cc(-c2cc(Cl)cc(Cl)c2)n1. The fraction of sp³-hybridized carbons (Fsp3) is 0.360. The van der Waals surface area contributed by atoms with Gasteiger partial charge in [-0.2, -0.15) is 0 Å². The highest BCUT2D eigenvalue weighted by molar-refractivity contribution is 7.84. The average Bonchev–Trinajstić information content (AvgIpc) is 2.84. The largest absolute Gasteiger partial charge is 0.481 e. The monoisotopic (exact) mass is 547 g/mol. The van der Waals surface area contributed by atoms with E-state index < -0.39 is 16.8 Å². The molecule has 3 heterocycles.